The summed E-state index contributed by atoms with van der Waals surface area (Å²) in [7, 11) is 0. The first-order valence-electron chi connectivity index (χ1n) is 5.28. The zero-order chi connectivity index (χ0) is 13.0. The molecular weight excluding hydrogens is 252 g/mol. The van der Waals surface area contributed by atoms with Gasteiger partial charge in [0.05, 0.1) is 29.9 Å². The number of imidazole rings is 1. The summed E-state index contributed by atoms with van der Waals surface area (Å²) in [5, 5.41) is 9.31. The number of carboxylic acid groups (broad SMARTS) is 1. The molecule has 0 atom stereocenters. The third kappa shape index (κ3) is 3.30. The molecule has 2 heterocycles. The number of nitrogens with zero attached hydrogens (tertiary/aromatic N) is 4. The van der Waals surface area contributed by atoms with Crippen LogP contribution in [-0.2, 0) is 11.3 Å². The van der Waals surface area contributed by atoms with E-state index in [4.69, 9.17) is 5.11 Å². The van der Waals surface area contributed by atoms with Gasteiger partial charge in [0.2, 0.25) is 0 Å². The summed E-state index contributed by atoms with van der Waals surface area (Å²) < 4.78 is 1.85. The van der Waals surface area contributed by atoms with Gasteiger partial charge in [0.1, 0.15) is 0 Å². The molecule has 6 nitrogen and oxygen atoms in total. The number of carbonyl (C=O) groups is 1. The zero-order valence-corrected chi connectivity index (χ0v) is 10.6. The number of rotatable bonds is 5. The number of aromatic nitrogens is 4. The minimum atomic E-state index is -0.857. The first-order valence-corrected chi connectivity index (χ1v) is 6.27. The second kappa shape index (κ2) is 5.63. The minimum Gasteiger partial charge on any atom is -0.481 e. The van der Waals surface area contributed by atoms with Crippen LogP contribution >= 0.6 is 11.8 Å². The van der Waals surface area contributed by atoms with Crippen LogP contribution in [0, 0.1) is 6.92 Å². The molecule has 0 bridgehead atoms. The standard InChI is InChI=1S/C11H12N4O2S/c1-8-4-14-9(5-13-8)6-15-3-2-12-11(15)18-7-10(16)17/h2-5H,6-7H2,1H3,(H,16,17). The zero-order valence-electron chi connectivity index (χ0n) is 9.78. The number of thioether (sulfide) groups is 1. The smallest absolute Gasteiger partial charge is 0.313 e. The van der Waals surface area contributed by atoms with Crippen molar-refractivity contribution in [1.82, 2.24) is 19.5 Å². The lowest BCUT2D eigenvalue weighted by Gasteiger charge is -2.05. The molecule has 0 saturated heterocycles. The van der Waals surface area contributed by atoms with E-state index in [0.717, 1.165) is 11.4 Å². The summed E-state index contributed by atoms with van der Waals surface area (Å²) in [4.78, 5) is 23.1. The second-order valence-corrected chi connectivity index (χ2v) is 4.61. The van der Waals surface area contributed by atoms with Crippen molar-refractivity contribution < 1.29 is 9.90 Å². The second-order valence-electron chi connectivity index (χ2n) is 3.67. The van der Waals surface area contributed by atoms with E-state index in [1.165, 1.54) is 11.8 Å². The Balaban J connectivity index is 2.07. The van der Waals surface area contributed by atoms with E-state index >= 15 is 0 Å². The van der Waals surface area contributed by atoms with E-state index in [0.29, 0.717) is 11.7 Å². The Morgan fingerprint density at radius 1 is 1.39 bits per heavy atom. The highest BCUT2D eigenvalue weighted by atomic mass is 32.2. The van der Waals surface area contributed by atoms with Crippen LogP contribution in [0.15, 0.2) is 29.9 Å². The van der Waals surface area contributed by atoms with E-state index in [1.54, 1.807) is 24.8 Å². The van der Waals surface area contributed by atoms with Gasteiger partial charge in [0, 0.05) is 18.6 Å². The molecule has 0 aliphatic rings. The van der Waals surface area contributed by atoms with Crippen molar-refractivity contribution in [3.8, 4) is 0 Å². The van der Waals surface area contributed by atoms with Crippen molar-refractivity contribution in [3.05, 3.63) is 36.2 Å². The number of hydrogen-bond donors (Lipinski definition) is 1. The van der Waals surface area contributed by atoms with Crippen molar-refractivity contribution in [2.45, 2.75) is 18.6 Å². The SMILES string of the molecule is Cc1cnc(Cn2ccnc2SCC(=O)O)cn1. The maximum atomic E-state index is 10.5. The van der Waals surface area contributed by atoms with Crippen molar-refractivity contribution in [3.63, 3.8) is 0 Å². The van der Waals surface area contributed by atoms with Gasteiger partial charge in [-0.25, -0.2) is 4.98 Å². The molecule has 0 aromatic carbocycles. The third-order valence-corrected chi connectivity index (χ3v) is 3.16. The Kier molecular flexibility index (Phi) is 3.93. The lowest BCUT2D eigenvalue weighted by atomic mass is 10.4. The fourth-order valence-corrected chi connectivity index (χ4v) is 2.04. The van der Waals surface area contributed by atoms with Gasteiger partial charge >= 0.3 is 5.97 Å². The summed E-state index contributed by atoms with van der Waals surface area (Å²) in [6.07, 6.45) is 6.86. The van der Waals surface area contributed by atoms with Crippen molar-refractivity contribution in [2.75, 3.05) is 5.75 Å². The molecule has 0 aliphatic heterocycles. The van der Waals surface area contributed by atoms with Gasteiger partial charge in [-0.05, 0) is 6.92 Å². The van der Waals surface area contributed by atoms with Gasteiger partial charge in [0.15, 0.2) is 5.16 Å². The highest BCUT2D eigenvalue weighted by Gasteiger charge is 2.07. The number of hydrogen-bond acceptors (Lipinski definition) is 5. The van der Waals surface area contributed by atoms with Gasteiger partial charge in [-0.1, -0.05) is 11.8 Å². The Morgan fingerprint density at radius 2 is 2.22 bits per heavy atom. The van der Waals surface area contributed by atoms with E-state index in [1.807, 2.05) is 11.5 Å². The molecule has 0 radical (unpaired) electrons. The van der Waals surface area contributed by atoms with Gasteiger partial charge in [-0.2, -0.15) is 0 Å². The topological polar surface area (TPSA) is 80.9 Å². The molecule has 2 aromatic rings. The van der Waals surface area contributed by atoms with Crippen LogP contribution in [0.2, 0.25) is 0 Å². The fraction of sp³-hybridized carbons (Fsp3) is 0.273. The molecule has 94 valence electrons. The molecular formula is C11H12N4O2S. The normalized spacial score (nSPS) is 10.5. The van der Waals surface area contributed by atoms with E-state index in [-0.39, 0.29) is 5.75 Å². The van der Waals surface area contributed by atoms with Crippen LogP contribution in [0.3, 0.4) is 0 Å². The first-order chi connectivity index (χ1) is 8.65. The molecule has 0 amide bonds. The molecule has 0 aliphatic carbocycles. The Hall–Kier alpha value is -1.89. The largest absolute Gasteiger partial charge is 0.481 e. The average Bonchev–Trinajstić information content (AvgIpc) is 2.77. The van der Waals surface area contributed by atoms with Crippen LogP contribution in [-0.4, -0.2) is 36.3 Å². The Bertz CT molecular complexity index is 538. The summed E-state index contributed by atoms with van der Waals surface area (Å²) in [5.41, 5.74) is 1.68. The highest BCUT2D eigenvalue weighted by molar-refractivity contribution is 7.99. The average molecular weight is 264 g/mol. The first kappa shape index (κ1) is 12.6. The number of aliphatic carboxylic acids is 1. The molecule has 18 heavy (non-hydrogen) atoms. The molecule has 0 saturated carbocycles. The predicted octanol–water partition coefficient (Wildman–Crippen LogP) is 1.21. The third-order valence-electron chi connectivity index (χ3n) is 2.17. The lowest BCUT2D eigenvalue weighted by molar-refractivity contribution is -0.133. The van der Waals surface area contributed by atoms with Gasteiger partial charge in [-0.3, -0.25) is 14.8 Å². The van der Waals surface area contributed by atoms with Crippen LogP contribution in [0.4, 0.5) is 0 Å². The monoisotopic (exact) mass is 264 g/mol. The predicted molar refractivity (Wildman–Crippen MR) is 66.5 cm³/mol. The fourth-order valence-electron chi connectivity index (χ4n) is 1.36. The van der Waals surface area contributed by atoms with Gasteiger partial charge in [0.25, 0.3) is 0 Å². The number of carboxylic acids is 1. The summed E-state index contributed by atoms with van der Waals surface area (Å²) >= 11 is 1.19. The summed E-state index contributed by atoms with van der Waals surface area (Å²) in [5.74, 6) is -0.860. The molecule has 2 rings (SSSR count). The van der Waals surface area contributed by atoms with Crippen molar-refractivity contribution in [1.29, 1.82) is 0 Å². The quantitative estimate of drug-likeness (QED) is 0.817. The Labute approximate surface area is 108 Å². The van der Waals surface area contributed by atoms with Crippen molar-refractivity contribution >= 4 is 17.7 Å². The summed E-state index contributed by atoms with van der Waals surface area (Å²) in [6.45, 7) is 2.41. The van der Waals surface area contributed by atoms with Gasteiger partial charge in [-0.15, -0.1) is 0 Å². The number of aryl methyl sites for hydroxylation is 1. The molecule has 0 spiro atoms. The highest BCUT2D eigenvalue weighted by Crippen LogP contribution is 2.16. The Morgan fingerprint density at radius 3 is 2.89 bits per heavy atom. The van der Waals surface area contributed by atoms with Crippen molar-refractivity contribution in [2.24, 2.45) is 0 Å². The van der Waals surface area contributed by atoms with Crippen LogP contribution in [0.25, 0.3) is 0 Å². The molecule has 0 fully saturated rings. The minimum absolute atomic E-state index is 0.00338. The van der Waals surface area contributed by atoms with Crippen LogP contribution in [0.1, 0.15) is 11.4 Å². The molecule has 0 unspecified atom stereocenters. The van der Waals surface area contributed by atoms with E-state index < -0.39 is 5.97 Å². The van der Waals surface area contributed by atoms with Gasteiger partial charge < -0.3 is 9.67 Å². The maximum absolute atomic E-state index is 10.5. The van der Waals surface area contributed by atoms with Crippen LogP contribution in [0.5, 0.6) is 0 Å². The molecule has 1 N–H and O–H groups in total. The van der Waals surface area contributed by atoms with Crippen LogP contribution < -0.4 is 0 Å². The maximum Gasteiger partial charge on any atom is 0.313 e. The van der Waals surface area contributed by atoms with E-state index in [9.17, 15) is 4.79 Å². The summed E-state index contributed by atoms with van der Waals surface area (Å²) in [6, 6.07) is 0. The van der Waals surface area contributed by atoms with E-state index in [2.05, 4.69) is 15.0 Å². The lowest BCUT2D eigenvalue weighted by Crippen LogP contribution is -2.05. The molecule has 2 aromatic heterocycles. The molecule has 7 heteroatoms.